The van der Waals surface area contributed by atoms with E-state index in [4.69, 9.17) is 0 Å². The summed E-state index contributed by atoms with van der Waals surface area (Å²) in [6.07, 6.45) is 2.35. The van der Waals surface area contributed by atoms with Crippen LogP contribution in [0.15, 0.2) is 0 Å². The first-order valence-corrected chi connectivity index (χ1v) is 4.76. The molecule has 0 fully saturated rings. The molecule has 0 amide bonds. The molecule has 74 valence electrons. The predicted octanol–water partition coefficient (Wildman–Crippen LogP) is 0.895. The number of aryl methyl sites for hydroxylation is 3. The second kappa shape index (κ2) is 4.97. The van der Waals surface area contributed by atoms with Crippen LogP contribution in [0.4, 0.5) is 0 Å². The second-order valence-electron chi connectivity index (χ2n) is 3.24. The maximum absolute atomic E-state index is 4.29. The molecular weight excluding hydrogens is 164 g/mol. The van der Waals surface area contributed by atoms with E-state index in [1.807, 2.05) is 25.6 Å². The third-order valence-electron chi connectivity index (χ3n) is 2.01. The molecule has 0 aromatic carbocycles. The van der Waals surface area contributed by atoms with E-state index in [1.54, 1.807) is 0 Å². The molecule has 1 rings (SSSR count). The summed E-state index contributed by atoms with van der Waals surface area (Å²) in [5.41, 5.74) is 0. The fourth-order valence-corrected chi connectivity index (χ4v) is 1.34. The third-order valence-corrected chi connectivity index (χ3v) is 2.01. The van der Waals surface area contributed by atoms with Gasteiger partial charge in [0.25, 0.3) is 0 Å². The average molecular weight is 182 g/mol. The maximum Gasteiger partial charge on any atom is 0.147 e. The molecule has 0 aliphatic heterocycles. The summed E-state index contributed by atoms with van der Waals surface area (Å²) in [5, 5.41) is 7.42. The molecule has 13 heavy (non-hydrogen) atoms. The zero-order chi connectivity index (χ0) is 9.68. The van der Waals surface area contributed by atoms with Crippen molar-refractivity contribution in [2.24, 2.45) is 0 Å². The summed E-state index contributed by atoms with van der Waals surface area (Å²) >= 11 is 0. The Labute approximate surface area is 79.4 Å². The van der Waals surface area contributed by atoms with Crippen LogP contribution in [0.3, 0.4) is 0 Å². The van der Waals surface area contributed by atoms with E-state index in [-0.39, 0.29) is 0 Å². The minimum Gasteiger partial charge on any atom is -0.320 e. The minimum atomic E-state index is 0.867. The highest BCUT2D eigenvalue weighted by molar-refractivity contribution is 4.87. The van der Waals surface area contributed by atoms with Gasteiger partial charge < -0.3 is 5.32 Å². The Kier molecular flexibility index (Phi) is 3.89. The molecule has 1 aromatic heterocycles. The van der Waals surface area contributed by atoms with E-state index >= 15 is 0 Å². The molecule has 0 radical (unpaired) electrons. The molecule has 0 aliphatic rings. The molecule has 0 saturated heterocycles. The van der Waals surface area contributed by atoms with Crippen LogP contribution in [0, 0.1) is 13.8 Å². The van der Waals surface area contributed by atoms with Gasteiger partial charge in [-0.2, -0.15) is 5.10 Å². The molecule has 0 saturated carbocycles. The summed E-state index contributed by atoms with van der Waals surface area (Å²) in [6, 6.07) is 0. The first-order valence-electron chi connectivity index (χ1n) is 4.76. The smallest absolute Gasteiger partial charge is 0.147 e. The van der Waals surface area contributed by atoms with Gasteiger partial charge >= 0.3 is 0 Å². The number of unbranched alkanes of at least 4 members (excludes halogenated alkanes) is 1. The number of nitrogens with zero attached hydrogens (tertiary/aromatic N) is 3. The van der Waals surface area contributed by atoms with E-state index in [9.17, 15) is 0 Å². The zero-order valence-electron chi connectivity index (χ0n) is 8.67. The highest BCUT2D eigenvalue weighted by atomic mass is 15.3. The average Bonchev–Trinajstić information content (AvgIpc) is 2.39. The molecule has 1 aromatic rings. The van der Waals surface area contributed by atoms with Gasteiger partial charge in [0.2, 0.25) is 0 Å². The fraction of sp³-hybridized carbons (Fsp3) is 0.778. The van der Waals surface area contributed by atoms with Crippen molar-refractivity contribution in [3.63, 3.8) is 0 Å². The van der Waals surface area contributed by atoms with Crippen LogP contribution >= 0.6 is 0 Å². The Morgan fingerprint density at radius 2 is 2.08 bits per heavy atom. The number of nitrogens with one attached hydrogen (secondary N) is 1. The largest absolute Gasteiger partial charge is 0.320 e. The Balaban J connectivity index is 2.32. The number of aromatic nitrogens is 3. The van der Waals surface area contributed by atoms with E-state index in [0.717, 1.165) is 31.2 Å². The number of rotatable bonds is 5. The minimum absolute atomic E-state index is 0.867. The third kappa shape index (κ3) is 3.14. The van der Waals surface area contributed by atoms with Crippen LogP contribution in [-0.2, 0) is 6.54 Å². The van der Waals surface area contributed by atoms with Crippen molar-refractivity contribution >= 4 is 0 Å². The van der Waals surface area contributed by atoms with Gasteiger partial charge in [-0.05, 0) is 40.3 Å². The Hall–Kier alpha value is -0.900. The summed E-state index contributed by atoms with van der Waals surface area (Å²) < 4.78 is 1.98. The molecule has 0 atom stereocenters. The van der Waals surface area contributed by atoms with E-state index in [2.05, 4.69) is 15.4 Å². The molecule has 0 bridgehead atoms. The SMILES string of the molecule is CNCCCCn1nc(C)nc1C. The van der Waals surface area contributed by atoms with Crippen molar-refractivity contribution in [2.75, 3.05) is 13.6 Å². The van der Waals surface area contributed by atoms with E-state index in [1.165, 1.54) is 6.42 Å². The summed E-state index contributed by atoms with van der Waals surface area (Å²) in [4.78, 5) is 4.25. The van der Waals surface area contributed by atoms with Crippen molar-refractivity contribution in [1.82, 2.24) is 20.1 Å². The molecule has 0 aliphatic carbocycles. The van der Waals surface area contributed by atoms with E-state index in [0.29, 0.717) is 0 Å². The summed E-state index contributed by atoms with van der Waals surface area (Å²) in [5.74, 6) is 1.88. The van der Waals surface area contributed by atoms with Gasteiger partial charge in [0.15, 0.2) is 0 Å². The first-order chi connectivity index (χ1) is 6.24. The van der Waals surface area contributed by atoms with Crippen LogP contribution < -0.4 is 5.32 Å². The number of hydrogen-bond acceptors (Lipinski definition) is 3. The van der Waals surface area contributed by atoms with Crippen LogP contribution in [0.5, 0.6) is 0 Å². The van der Waals surface area contributed by atoms with Gasteiger partial charge in [-0.1, -0.05) is 0 Å². The van der Waals surface area contributed by atoms with Crippen LogP contribution in [-0.4, -0.2) is 28.4 Å². The lowest BCUT2D eigenvalue weighted by Gasteiger charge is -2.02. The monoisotopic (exact) mass is 182 g/mol. The fourth-order valence-electron chi connectivity index (χ4n) is 1.34. The Bertz CT molecular complexity index is 254. The normalized spacial score (nSPS) is 10.7. The summed E-state index contributed by atoms with van der Waals surface area (Å²) in [7, 11) is 1.98. The van der Waals surface area contributed by atoms with Crippen LogP contribution in [0.25, 0.3) is 0 Å². The standard InChI is InChI=1S/C9H18N4/c1-8-11-9(2)13(12-8)7-5-4-6-10-3/h10H,4-7H2,1-3H3. The van der Waals surface area contributed by atoms with Crippen molar-refractivity contribution < 1.29 is 0 Å². The van der Waals surface area contributed by atoms with Gasteiger partial charge in [0, 0.05) is 6.54 Å². The lowest BCUT2D eigenvalue weighted by atomic mass is 10.3. The molecule has 0 unspecified atom stereocenters. The predicted molar refractivity (Wildman–Crippen MR) is 52.7 cm³/mol. The van der Waals surface area contributed by atoms with Crippen molar-refractivity contribution in [2.45, 2.75) is 33.2 Å². The molecule has 4 nitrogen and oxygen atoms in total. The lowest BCUT2D eigenvalue weighted by molar-refractivity contribution is 0.534. The molecular formula is C9H18N4. The maximum atomic E-state index is 4.29. The van der Waals surface area contributed by atoms with E-state index < -0.39 is 0 Å². The van der Waals surface area contributed by atoms with Crippen LogP contribution in [0.2, 0.25) is 0 Å². The van der Waals surface area contributed by atoms with Crippen molar-refractivity contribution in [3.05, 3.63) is 11.6 Å². The molecule has 1 N–H and O–H groups in total. The van der Waals surface area contributed by atoms with Gasteiger partial charge in [0.05, 0.1) is 0 Å². The second-order valence-corrected chi connectivity index (χ2v) is 3.24. The lowest BCUT2D eigenvalue weighted by Crippen LogP contribution is -2.10. The van der Waals surface area contributed by atoms with Crippen molar-refractivity contribution in [1.29, 1.82) is 0 Å². The van der Waals surface area contributed by atoms with Gasteiger partial charge in [-0.25, -0.2) is 4.98 Å². The van der Waals surface area contributed by atoms with Gasteiger partial charge in [-0.15, -0.1) is 0 Å². The Morgan fingerprint density at radius 3 is 2.62 bits per heavy atom. The molecule has 4 heteroatoms. The summed E-state index contributed by atoms with van der Waals surface area (Å²) in [6.45, 7) is 5.98. The van der Waals surface area contributed by atoms with Crippen molar-refractivity contribution in [3.8, 4) is 0 Å². The molecule has 0 spiro atoms. The molecule has 1 heterocycles. The highest BCUT2D eigenvalue weighted by Gasteiger charge is 2.00. The zero-order valence-corrected chi connectivity index (χ0v) is 8.67. The van der Waals surface area contributed by atoms with Crippen LogP contribution in [0.1, 0.15) is 24.5 Å². The number of hydrogen-bond donors (Lipinski definition) is 1. The quantitative estimate of drug-likeness (QED) is 0.688. The Morgan fingerprint density at radius 1 is 1.31 bits per heavy atom. The first kappa shape index (κ1) is 10.2. The van der Waals surface area contributed by atoms with Gasteiger partial charge in [0.1, 0.15) is 11.6 Å². The topological polar surface area (TPSA) is 42.7 Å². The highest BCUT2D eigenvalue weighted by Crippen LogP contribution is 1.98. The van der Waals surface area contributed by atoms with Gasteiger partial charge in [-0.3, -0.25) is 4.68 Å².